The Bertz CT molecular complexity index is 743. The first-order valence-electron chi connectivity index (χ1n) is 8.84. The molecule has 0 atom stereocenters. The van der Waals surface area contributed by atoms with E-state index < -0.39 is 0 Å². The molecule has 2 nitrogen and oxygen atoms in total. The summed E-state index contributed by atoms with van der Waals surface area (Å²) in [5.74, 6) is 0.723. The molecule has 0 amide bonds. The van der Waals surface area contributed by atoms with Crippen molar-refractivity contribution in [1.82, 2.24) is 0 Å². The van der Waals surface area contributed by atoms with E-state index in [9.17, 15) is 10.2 Å². The molecule has 0 saturated carbocycles. The second kappa shape index (κ2) is 7.40. The van der Waals surface area contributed by atoms with Crippen LogP contribution in [0.1, 0.15) is 63.8 Å². The van der Waals surface area contributed by atoms with Crippen molar-refractivity contribution >= 4 is 21.6 Å². The van der Waals surface area contributed by atoms with E-state index in [1.54, 1.807) is 33.7 Å². The zero-order chi connectivity index (χ0) is 19.9. The minimum Gasteiger partial charge on any atom is -0.508 e. The molecular formula is C22H30O2S2. The molecule has 0 unspecified atom stereocenters. The van der Waals surface area contributed by atoms with Crippen LogP contribution in [0.25, 0.3) is 0 Å². The summed E-state index contributed by atoms with van der Waals surface area (Å²) >= 11 is 0. The van der Waals surface area contributed by atoms with Gasteiger partial charge in [0, 0.05) is 20.9 Å². The van der Waals surface area contributed by atoms with Crippen molar-refractivity contribution in [3.8, 4) is 11.5 Å². The van der Waals surface area contributed by atoms with Crippen LogP contribution in [0.15, 0.2) is 34.1 Å². The summed E-state index contributed by atoms with van der Waals surface area (Å²) in [4.78, 5) is 2.31. The molecule has 0 bridgehead atoms. The lowest BCUT2D eigenvalue weighted by Gasteiger charge is -2.25. The quantitative estimate of drug-likeness (QED) is 0.548. The zero-order valence-electron chi connectivity index (χ0n) is 17.0. The van der Waals surface area contributed by atoms with Gasteiger partial charge in [-0.15, -0.1) is 0 Å². The fourth-order valence-corrected chi connectivity index (χ4v) is 6.02. The Balaban J connectivity index is 2.37. The number of rotatable bonds is 3. The Hall–Kier alpha value is -1.26. The number of aromatic hydroxyl groups is 2. The fourth-order valence-electron chi connectivity index (χ4n) is 3.52. The van der Waals surface area contributed by atoms with Crippen molar-refractivity contribution in [3.05, 3.63) is 46.5 Å². The van der Waals surface area contributed by atoms with Gasteiger partial charge in [0.25, 0.3) is 0 Å². The van der Waals surface area contributed by atoms with Crippen LogP contribution >= 0.6 is 21.6 Å². The van der Waals surface area contributed by atoms with Crippen LogP contribution in [-0.4, -0.2) is 10.2 Å². The fraction of sp³-hybridized carbons (Fsp3) is 0.455. The number of phenolic OH excluding ortho intramolecular Hbond substituents is 2. The van der Waals surface area contributed by atoms with Crippen LogP contribution in [-0.2, 0) is 10.8 Å². The van der Waals surface area contributed by atoms with Crippen molar-refractivity contribution < 1.29 is 10.2 Å². The summed E-state index contributed by atoms with van der Waals surface area (Å²) in [5, 5.41) is 20.6. The molecule has 142 valence electrons. The molecule has 2 N–H and O–H groups in total. The third kappa shape index (κ3) is 4.34. The van der Waals surface area contributed by atoms with E-state index in [1.807, 2.05) is 12.1 Å². The monoisotopic (exact) mass is 390 g/mol. The van der Waals surface area contributed by atoms with Crippen LogP contribution in [0.2, 0.25) is 0 Å². The van der Waals surface area contributed by atoms with Gasteiger partial charge in [0.15, 0.2) is 0 Å². The molecule has 0 aromatic heterocycles. The highest BCUT2D eigenvalue weighted by molar-refractivity contribution is 8.76. The molecule has 0 fully saturated rings. The van der Waals surface area contributed by atoms with Gasteiger partial charge in [0.2, 0.25) is 0 Å². The van der Waals surface area contributed by atoms with Crippen molar-refractivity contribution in [2.24, 2.45) is 0 Å². The maximum atomic E-state index is 10.3. The molecule has 0 radical (unpaired) electrons. The molecule has 0 aliphatic heterocycles. The molecule has 0 spiro atoms. The first-order valence-corrected chi connectivity index (χ1v) is 11.0. The van der Waals surface area contributed by atoms with Gasteiger partial charge in [-0.1, -0.05) is 63.1 Å². The highest BCUT2D eigenvalue weighted by Gasteiger charge is 2.24. The summed E-state index contributed by atoms with van der Waals surface area (Å²) < 4.78 is 0. The van der Waals surface area contributed by atoms with E-state index in [-0.39, 0.29) is 10.8 Å². The van der Waals surface area contributed by atoms with Gasteiger partial charge >= 0.3 is 0 Å². The van der Waals surface area contributed by atoms with Crippen LogP contribution < -0.4 is 0 Å². The maximum absolute atomic E-state index is 10.3. The SMILES string of the molecule is Cc1c(SSc2ccc(O)c(C(C)(C)C)c2C)ccc(O)c1C(C)(C)C. The Labute approximate surface area is 165 Å². The summed E-state index contributed by atoms with van der Waals surface area (Å²) in [6.07, 6.45) is 0. The standard InChI is InChI=1S/C22H30O2S2/c1-13-17(11-9-15(23)19(13)21(3,4)5)25-26-18-12-10-16(24)20(14(18)2)22(6,7)8/h9-12,23-24H,1-8H3. The summed E-state index contributed by atoms with van der Waals surface area (Å²) in [6, 6.07) is 7.55. The van der Waals surface area contributed by atoms with Gasteiger partial charge in [0.05, 0.1) is 0 Å². The van der Waals surface area contributed by atoms with E-state index in [1.165, 1.54) is 0 Å². The third-order valence-corrected chi connectivity index (χ3v) is 7.16. The molecule has 0 aliphatic carbocycles. The minimum atomic E-state index is -0.108. The van der Waals surface area contributed by atoms with E-state index in [2.05, 4.69) is 55.4 Å². The number of hydrogen-bond acceptors (Lipinski definition) is 4. The van der Waals surface area contributed by atoms with E-state index in [0.717, 1.165) is 32.0 Å². The van der Waals surface area contributed by atoms with E-state index >= 15 is 0 Å². The molecule has 0 saturated heterocycles. The topological polar surface area (TPSA) is 40.5 Å². The van der Waals surface area contributed by atoms with Crippen molar-refractivity contribution in [1.29, 1.82) is 0 Å². The van der Waals surface area contributed by atoms with Crippen LogP contribution in [0.3, 0.4) is 0 Å². The largest absolute Gasteiger partial charge is 0.508 e. The van der Waals surface area contributed by atoms with Crippen LogP contribution in [0.4, 0.5) is 0 Å². The predicted molar refractivity (Wildman–Crippen MR) is 115 cm³/mol. The molecule has 0 aliphatic rings. The van der Waals surface area contributed by atoms with Crippen molar-refractivity contribution in [2.75, 3.05) is 0 Å². The maximum Gasteiger partial charge on any atom is 0.119 e. The average molecular weight is 391 g/mol. The molecule has 4 heteroatoms. The third-order valence-electron chi connectivity index (χ3n) is 4.51. The molecule has 2 rings (SSSR count). The van der Waals surface area contributed by atoms with Gasteiger partial charge in [-0.05, 0) is 60.1 Å². The number of phenols is 2. The number of benzene rings is 2. The lowest BCUT2D eigenvalue weighted by molar-refractivity contribution is 0.443. The van der Waals surface area contributed by atoms with Crippen molar-refractivity contribution in [3.63, 3.8) is 0 Å². The minimum absolute atomic E-state index is 0.108. The summed E-state index contributed by atoms with van der Waals surface area (Å²) in [7, 11) is 3.40. The van der Waals surface area contributed by atoms with Crippen molar-refractivity contribution in [2.45, 2.75) is 76.0 Å². The zero-order valence-corrected chi connectivity index (χ0v) is 18.7. The molecule has 2 aromatic rings. The Morgan fingerprint density at radius 1 is 0.615 bits per heavy atom. The molecular weight excluding hydrogens is 360 g/mol. The smallest absolute Gasteiger partial charge is 0.119 e. The summed E-state index contributed by atoms with van der Waals surface area (Å²) in [6.45, 7) is 16.9. The van der Waals surface area contributed by atoms with Gasteiger partial charge in [-0.3, -0.25) is 0 Å². The second-order valence-corrected chi connectivity index (χ2v) is 11.0. The molecule has 0 heterocycles. The molecule has 26 heavy (non-hydrogen) atoms. The highest BCUT2D eigenvalue weighted by atomic mass is 33.1. The molecule has 2 aromatic carbocycles. The average Bonchev–Trinajstić information content (AvgIpc) is 2.45. The summed E-state index contributed by atoms with van der Waals surface area (Å²) in [5.41, 5.74) is 4.04. The number of hydrogen-bond donors (Lipinski definition) is 2. The van der Waals surface area contributed by atoms with E-state index in [0.29, 0.717) is 11.5 Å². The Kier molecular flexibility index (Phi) is 5.99. The Morgan fingerprint density at radius 2 is 0.923 bits per heavy atom. The normalized spacial score (nSPS) is 12.5. The second-order valence-electron chi connectivity index (χ2n) is 8.83. The predicted octanol–water partition coefficient (Wildman–Crippen LogP) is 7.11. The van der Waals surface area contributed by atoms with Gasteiger partial charge in [-0.25, -0.2) is 0 Å². The first kappa shape index (κ1) is 21.0. The van der Waals surface area contributed by atoms with Gasteiger partial charge < -0.3 is 10.2 Å². The lowest BCUT2D eigenvalue weighted by Crippen LogP contribution is -2.14. The lowest BCUT2D eigenvalue weighted by atomic mass is 9.83. The van der Waals surface area contributed by atoms with E-state index in [4.69, 9.17) is 0 Å². The Morgan fingerprint density at radius 3 is 1.19 bits per heavy atom. The van der Waals surface area contributed by atoms with Crippen LogP contribution in [0.5, 0.6) is 11.5 Å². The van der Waals surface area contributed by atoms with Crippen LogP contribution in [0, 0.1) is 13.8 Å². The first-order chi connectivity index (χ1) is 11.8. The van der Waals surface area contributed by atoms with Gasteiger partial charge in [-0.2, -0.15) is 0 Å². The highest BCUT2D eigenvalue weighted by Crippen LogP contribution is 2.47. The van der Waals surface area contributed by atoms with Gasteiger partial charge in [0.1, 0.15) is 11.5 Å².